The molecule has 3 fully saturated rings. The van der Waals surface area contributed by atoms with E-state index in [0.29, 0.717) is 21.7 Å². The Morgan fingerprint density at radius 1 is 1.13 bits per heavy atom. The van der Waals surface area contributed by atoms with Gasteiger partial charge >= 0.3 is 0 Å². The summed E-state index contributed by atoms with van der Waals surface area (Å²) in [4.78, 5) is 2.67. The summed E-state index contributed by atoms with van der Waals surface area (Å²) in [6.07, 6.45) is 6.38. The minimum absolute atomic E-state index is 0.332. The molecule has 0 radical (unpaired) electrons. The summed E-state index contributed by atoms with van der Waals surface area (Å²) < 4.78 is 19.0. The van der Waals surface area contributed by atoms with Gasteiger partial charge in [0.2, 0.25) is 0 Å². The minimum atomic E-state index is -0.332. The summed E-state index contributed by atoms with van der Waals surface area (Å²) in [5, 5.41) is 12.4. The zero-order valence-corrected chi connectivity index (χ0v) is 18.6. The number of aromatic nitrogens is 2. The van der Waals surface area contributed by atoms with Crippen molar-refractivity contribution in [3.8, 4) is 11.3 Å². The van der Waals surface area contributed by atoms with Gasteiger partial charge in [-0.3, -0.25) is 0 Å². The van der Waals surface area contributed by atoms with Crippen LogP contribution >= 0.6 is 11.6 Å². The highest BCUT2D eigenvalue weighted by atomic mass is 35.5. The molecule has 1 unspecified atom stereocenters. The molecule has 7 heteroatoms. The highest BCUT2D eigenvalue weighted by molar-refractivity contribution is 6.33. The average molecular weight is 445 g/mol. The van der Waals surface area contributed by atoms with Crippen molar-refractivity contribution >= 4 is 17.4 Å². The average Bonchev–Trinajstić information content (AvgIpc) is 3.48. The number of rotatable bonds is 6. The lowest BCUT2D eigenvalue weighted by Gasteiger charge is -2.36. The zero-order chi connectivity index (χ0) is 21.3. The van der Waals surface area contributed by atoms with Crippen molar-refractivity contribution in [2.24, 2.45) is 17.3 Å². The second kappa shape index (κ2) is 9.00. The van der Waals surface area contributed by atoms with Crippen molar-refractivity contribution in [3.05, 3.63) is 41.2 Å². The predicted molar refractivity (Wildman–Crippen MR) is 121 cm³/mol. The molecule has 0 amide bonds. The Morgan fingerprint density at radius 2 is 1.94 bits per heavy atom. The first-order valence-electron chi connectivity index (χ1n) is 11.4. The molecule has 1 atom stereocenters. The van der Waals surface area contributed by atoms with Crippen LogP contribution in [-0.4, -0.2) is 54.5 Å². The third-order valence-electron chi connectivity index (χ3n) is 7.47. The largest absolute Gasteiger partial charge is 0.381 e. The number of likely N-dealkylation sites (tertiary alicyclic amines) is 1. The molecule has 5 nitrogen and oxygen atoms in total. The molecule has 2 aliphatic heterocycles. The molecule has 2 saturated heterocycles. The Bertz CT molecular complexity index is 895. The molecular weight excluding hydrogens is 415 g/mol. The Morgan fingerprint density at radius 3 is 2.68 bits per heavy atom. The quantitative estimate of drug-likeness (QED) is 0.688. The number of hydrogen-bond donors (Lipinski definition) is 1. The SMILES string of the molecule is Fc1ccc(Cl)c(-c2ccc(NCC3CC34CCN(CC3CCOCC3)CC4)nn2)c1. The van der Waals surface area contributed by atoms with Gasteiger partial charge in [0.15, 0.2) is 0 Å². The molecule has 1 spiro atoms. The van der Waals surface area contributed by atoms with Gasteiger partial charge in [0.25, 0.3) is 0 Å². The number of nitrogens with one attached hydrogen (secondary N) is 1. The van der Waals surface area contributed by atoms with Gasteiger partial charge in [-0.2, -0.15) is 0 Å². The summed E-state index contributed by atoms with van der Waals surface area (Å²) >= 11 is 6.17. The van der Waals surface area contributed by atoms with E-state index in [9.17, 15) is 4.39 Å². The number of halogens is 2. The van der Waals surface area contributed by atoms with Gasteiger partial charge in [0, 0.05) is 31.9 Å². The number of benzene rings is 1. The van der Waals surface area contributed by atoms with E-state index >= 15 is 0 Å². The van der Waals surface area contributed by atoms with Gasteiger partial charge in [-0.1, -0.05) is 11.6 Å². The predicted octanol–water partition coefficient (Wildman–Crippen LogP) is 4.88. The number of piperidine rings is 1. The summed E-state index contributed by atoms with van der Waals surface area (Å²) in [5.74, 6) is 1.97. The molecule has 3 heterocycles. The maximum Gasteiger partial charge on any atom is 0.148 e. The van der Waals surface area contributed by atoms with Gasteiger partial charge in [0.1, 0.15) is 11.6 Å². The van der Waals surface area contributed by atoms with E-state index in [-0.39, 0.29) is 5.82 Å². The van der Waals surface area contributed by atoms with E-state index in [1.807, 2.05) is 12.1 Å². The lowest BCUT2D eigenvalue weighted by atomic mass is 9.89. The Kier molecular flexibility index (Phi) is 6.13. The van der Waals surface area contributed by atoms with Crippen LogP contribution in [0.2, 0.25) is 5.02 Å². The Hall–Kier alpha value is -1.76. The van der Waals surface area contributed by atoms with Crippen molar-refractivity contribution in [3.63, 3.8) is 0 Å². The van der Waals surface area contributed by atoms with Crippen molar-refractivity contribution in [2.75, 3.05) is 44.7 Å². The normalized spacial score (nSPS) is 23.7. The van der Waals surface area contributed by atoms with E-state index in [2.05, 4.69) is 20.4 Å². The van der Waals surface area contributed by atoms with Crippen LogP contribution in [0.25, 0.3) is 11.3 Å². The number of anilines is 1. The minimum Gasteiger partial charge on any atom is -0.381 e. The fourth-order valence-electron chi connectivity index (χ4n) is 5.30. The van der Waals surface area contributed by atoms with Gasteiger partial charge in [-0.15, -0.1) is 10.2 Å². The lowest BCUT2D eigenvalue weighted by Crippen LogP contribution is -2.39. The van der Waals surface area contributed by atoms with Crippen molar-refractivity contribution in [2.45, 2.75) is 32.1 Å². The van der Waals surface area contributed by atoms with Crippen molar-refractivity contribution < 1.29 is 9.13 Å². The van der Waals surface area contributed by atoms with Crippen LogP contribution in [0.15, 0.2) is 30.3 Å². The van der Waals surface area contributed by atoms with Crippen LogP contribution in [0.3, 0.4) is 0 Å². The van der Waals surface area contributed by atoms with Gasteiger partial charge in [-0.25, -0.2) is 4.39 Å². The molecule has 5 rings (SSSR count). The standard InChI is InChI=1S/C24H30ClFN4O/c25-21-2-1-19(26)13-20(21)22-3-4-23(29-28-22)27-15-18-14-24(18)7-9-30(10-8-24)16-17-5-11-31-12-6-17/h1-4,13,17-18H,5-12,14-16H2,(H,27,29). The highest BCUT2D eigenvalue weighted by Crippen LogP contribution is 2.59. The first-order chi connectivity index (χ1) is 15.1. The summed E-state index contributed by atoms with van der Waals surface area (Å²) in [6.45, 7) is 6.53. The van der Waals surface area contributed by atoms with E-state index in [0.717, 1.165) is 37.4 Å². The summed E-state index contributed by atoms with van der Waals surface area (Å²) in [6, 6.07) is 8.02. The van der Waals surface area contributed by atoms with E-state index in [1.54, 1.807) is 6.07 Å². The lowest BCUT2D eigenvalue weighted by molar-refractivity contribution is 0.0449. The number of hydrogen-bond acceptors (Lipinski definition) is 5. The Balaban J connectivity index is 1.09. The molecule has 1 N–H and O–H groups in total. The number of nitrogens with zero attached hydrogens (tertiary/aromatic N) is 3. The molecule has 31 heavy (non-hydrogen) atoms. The molecule has 3 aliphatic rings. The molecule has 166 valence electrons. The fraction of sp³-hybridized carbons (Fsp3) is 0.583. The van der Waals surface area contributed by atoms with Crippen molar-refractivity contribution in [1.29, 1.82) is 0 Å². The molecule has 1 aromatic heterocycles. The molecule has 1 aromatic carbocycles. The van der Waals surface area contributed by atoms with E-state index < -0.39 is 0 Å². The third-order valence-corrected chi connectivity index (χ3v) is 7.80. The van der Waals surface area contributed by atoms with Gasteiger partial charge in [0.05, 0.1) is 10.7 Å². The molecular formula is C24H30ClFN4O. The van der Waals surface area contributed by atoms with E-state index in [1.165, 1.54) is 63.9 Å². The molecule has 1 aliphatic carbocycles. The number of ether oxygens (including phenoxy) is 1. The molecule has 0 bridgehead atoms. The van der Waals surface area contributed by atoms with Crippen LogP contribution in [-0.2, 0) is 4.74 Å². The summed E-state index contributed by atoms with van der Waals surface area (Å²) in [7, 11) is 0. The molecule has 2 aromatic rings. The van der Waals surface area contributed by atoms with Crippen LogP contribution in [0, 0.1) is 23.1 Å². The first-order valence-corrected chi connectivity index (χ1v) is 11.8. The topological polar surface area (TPSA) is 50.3 Å². The fourth-order valence-corrected chi connectivity index (χ4v) is 5.51. The maximum atomic E-state index is 13.5. The summed E-state index contributed by atoms with van der Waals surface area (Å²) in [5.41, 5.74) is 1.67. The van der Waals surface area contributed by atoms with Crippen LogP contribution in [0.4, 0.5) is 10.2 Å². The maximum absolute atomic E-state index is 13.5. The highest BCUT2D eigenvalue weighted by Gasteiger charge is 2.54. The third kappa shape index (κ3) is 4.86. The Labute approximate surface area is 188 Å². The smallest absolute Gasteiger partial charge is 0.148 e. The van der Waals surface area contributed by atoms with Crippen LogP contribution in [0.1, 0.15) is 32.1 Å². The van der Waals surface area contributed by atoms with E-state index in [4.69, 9.17) is 16.3 Å². The van der Waals surface area contributed by atoms with Gasteiger partial charge in [-0.05, 0) is 92.8 Å². The van der Waals surface area contributed by atoms with Gasteiger partial charge < -0.3 is 15.0 Å². The second-order valence-electron chi connectivity index (χ2n) is 9.43. The zero-order valence-electron chi connectivity index (χ0n) is 17.8. The first kappa shape index (κ1) is 21.1. The van der Waals surface area contributed by atoms with Crippen LogP contribution < -0.4 is 5.32 Å². The monoisotopic (exact) mass is 444 g/mol. The van der Waals surface area contributed by atoms with Crippen molar-refractivity contribution in [1.82, 2.24) is 15.1 Å². The molecule has 1 saturated carbocycles. The van der Waals surface area contributed by atoms with Crippen LogP contribution in [0.5, 0.6) is 0 Å². The second-order valence-corrected chi connectivity index (χ2v) is 9.84.